The van der Waals surface area contributed by atoms with E-state index in [2.05, 4.69) is 52.7 Å². The Morgan fingerprint density at radius 1 is 1.03 bits per heavy atom. The molecule has 6 heteroatoms. The molecule has 1 saturated heterocycles. The van der Waals surface area contributed by atoms with Crippen LogP contribution in [0, 0.1) is 0 Å². The molecule has 3 aromatic rings. The van der Waals surface area contributed by atoms with Crippen molar-refractivity contribution in [3.8, 4) is 0 Å². The number of carbonyl (C=O) groups is 1. The Hall–Kier alpha value is -2.73. The van der Waals surface area contributed by atoms with E-state index in [9.17, 15) is 4.79 Å². The molecule has 1 amide bonds. The van der Waals surface area contributed by atoms with E-state index in [-0.39, 0.29) is 11.4 Å². The molecule has 2 aromatic heterocycles. The molecule has 1 fully saturated rings. The smallest absolute Gasteiger partial charge is 0.251 e. The molecule has 0 saturated carbocycles. The highest BCUT2D eigenvalue weighted by Crippen LogP contribution is 2.31. The highest BCUT2D eigenvalue weighted by molar-refractivity contribution is 5.94. The number of amides is 1. The number of aromatic nitrogens is 3. The van der Waals surface area contributed by atoms with Gasteiger partial charge in [-0.2, -0.15) is 0 Å². The molecule has 0 spiro atoms. The van der Waals surface area contributed by atoms with Gasteiger partial charge in [0.15, 0.2) is 5.65 Å². The van der Waals surface area contributed by atoms with Crippen LogP contribution in [-0.4, -0.2) is 51.5 Å². The van der Waals surface area contributed by atoms with Crippen LogP contribution in [0.1, 0.15) is 81.0 Å². The van der Waals surface area contributed by atoms with Crippen molar-refractivity contribution in [3.05, 3.63) is 59.5 Å². The summed E-state index contributed by atoms with van der Waals surface area (Å²) < 4.78 is 2.22. The summed E-state index contributed by atoms with van der Waals surface area (Å²) in [6.45, 7) is 10.8. The third kappa shape index (κ3) is 5.49. The Morgan fingerprint density at radius 3 is 2.47 bits per heavy atom. The zero-order valence-corrected chi connectivity index (χ0v) is 21.0. The van der Waals surface area contributed by atoms with Crippen molar-refractivity contribution >= 4 is 17.1 Å². The van der Waals surface area contributed by atoms with Gasteiger partial charge in [0.05, 0.1) is 5.54 Å². The van der Waals surface area contributed by atoms with Gasteiger partial charge < -0.3 is 14.8 Å². The van der Waals surface area contributed by atoms with E-state index in [0.29, 0.717) is 5.56 Å². The first-order valence-corrected chi connectivity index (χ1v) is 12.9. The number of imidazole rings is 1. The minimum atomic E-state index is -0.337. The van der Waals surface area contributed by atoms with E-state index in [1.54, 1.807) is 0 Å². The first kappa shape index (κ1) is 24.4. The number of benzene rings is 1. The summed E-state index contributed by atoms with van der Waals surface area (Å²) in [5.41, 5.74) is 3.31. The second kappa shape index (κ2) is 11.1. The van der Waals surface area contributed by atoms with E-state index in [1.165, 1.54) is 38.8 Å². The topological polar surface area (TPSA) is 63.1 Å². The maximum Gasteiger partial charge on any atom is 0.251 e. The number of pyridine rings is 1. The van der Waals surface area contributed by atoms with Crippen LogP contribution in [0.4, 0.5) is 0 Å². The van der Waals surface area contributed by atoms with Crippen molar-refractivity contribution in [2.24, 2.45) is 0 Å². The van der Waals surface area contributed by atoms with Gasteiger partial charge >= 0.3 is 0 Å². The quantitative estimate of drug-likeness (QED) is 0.447. The van der Waals surface area contributed by atoms with E-state index >= 15 is 0 Å². The molecule has 0 atom stereocenters. The van der Waals surface area contributed by atoms with Crippen LogP contribution < -0.4 is 5.32 Å². The van der Waals surface area contributed by atoms with Crippen molar-refractivity contribution < 1.29 is 4.79 Å². The largest absolute Gasteiger partial charge is 0.352 e. The highest BCUT2D eigenvalue weighted by atomic mass is 16.1. The van der Waals surface area contributed by atoms with Crippen LogP contribution in [0.5, 0.6) is 0 Å². The molecule has 1 aliphatic rings. The molecular formula is C28H39N5O. The molecule has 3 heterocycles. The number of carbonyl (C=O) groups excluding carboxylic acids is 1. The lowest BCUT2D eigenvalue weighted by atomic mass is 9.92. The fourth-order valence-corrected chi connectivity index (χ4v) is 5.07. The number of hydrogen-bond acceptors (Lipinski definition) is 4. The molecule has 0 unspecified atom stereocenters. The Balaban J connectivity index is 1.35. The SMILES string of the molecule is CCc1nc2cccnc2n1C(C)(C)c1ccc(C(=O)NCCCCN2CCCCCC2)cc1. The maximum atomic E-state index is 12.7. The van der Waals surface area contributed by atoms with Gasteiger partial charge in [-0.25, -0.2) is 9.97 Å². The van der Waals surface area contributed by atoms with Crippen molar-refractivity contribution in [1.82, 2.24) is 24.8 Å². The van der Waals surface area contributed by atoms with Gasteiger partial charge in [-0.15, -0.1) is 0 Å². The van der Waals surface area contributed by atoms with Crippen molar-refractivity contribution in [3.63, 3.8) is 0 Å². The Kier molecular flexibility index (Phi) is 7.99. The van der Waals surface area contributed by atoms with Gasteiger partial charge in [0.1, 0.15) is 11.3 Å². The van der Waals surface area contributed by atoms with Crippen molar-refractivity contribution in [1.29, 1.82) is 0 Å². The van der Waals surface area contributed by atoms with E-state index in [4.69, 9.17) is 4.98 Å². The molecule has 4 rings (SSSR count). The summed E-state index contributed by atoms with van der Waals surface area (Å²) in [4.78, 5) is 24.6. The molecular weight excluding hydrogens is 422 g/mol. The number of nitrogens with zero attached hydrogens (tertiary/aromatic N) is 4. The Bertz CT molecular complexity index is 1080. The number of aryl methyl sites for hydroxylation is 1. The molecule has 1 aliphatic heterocycles. The molecule has 182 valence electrons. The summed E-state index contributed by atoms with van der Waals surface area (Å²) in [7, 11) is 0. The zero-order chi connectivity index (χ0) is 24.0. The van der Waals surface area contributed by atoms with E-state index in [1.807, 2.05) is 30.5 Å². The third-order valence-corrected chi connectivity index (χ3v) is 7.10. The predicted molar refractivity (Wildman–Crippen MR) is 138 cm³/mol. The molecule has 0 radical (unpaired) electrons. The molecule has 0 aliphatic carbocycles. The van der Waals surface area contributed by atoms with Gasteiger partial charge in [-0.3, -0.25) is 4.79 Å². The second-order valence-corrected chi connectivity index (χ2v) is 9.92. The van der Waals surface area contributed by atoms with Crippen LogP contribution in [0.25, 0.3) is 11.2 Å². The molecule has 1 aromatic carbocycles. The molecule has 1 N–H and O–H groups in total. The number of rotatable bonds is 9. The number of nitrogens with one attached hydrogen (secondary N) is 1. The van der Waals surface area contributed by atoms with E-state index < -0.39 is 0 Å². The summed E-state index contributed by atoms with van der Waals surface area (Å²) in [6.07, 6.45) is 10.2. The first-order chi connectivity index (χ1) is 16.5. The van der Waals surface area contributed by atoms with Gasteiger partial charge in [-0.05, 0) is 89.0 Å². The van der Waals surface area contributed by atoms with Gasteiger partial charge in [0.2, 0.25) is 0 Å². The van der Waals surface area contributed by atoms with Crippen LogP contribution >= 0.6 is 0 Å². The van der Waals surface area contributed by atoms with E-state index in [0.717, 1.165) is 54.9 Å². The average Bonchev–Trinajstić information content (AvgIpc) is 3.05. The molecule has 0 bridgehead atoms. The highest BCUT2D eigenvalue weighted by Gasteiger charge is 2.28. The summed E-state index contributed by atoms with van der Waals surface area (Å²) in [5, 5.41) is 3.09. The summed E-state index contributed by atoms with van der Waals surface area (Å²) >= 11 is 0. The Labute approximate surface area is 203 Å². The molecule has 34 heavy (non-hydrogen) atoms. The number of fused-ring (bicyclic) bond motifs is 1. The third-order valence-electron chi connectivity index (χ3n) is 7.10. The first-order valence-electron chi connectivity index (χ1n) is 12.9. The summed E-state index contributed by atoms with van der Waals surface area (Å²) in [5.74, 6) is 1.02. The average molecular weight is 462 g/mol. The van der Waals surface area contributed by atoms with Gasteiger partial charge in [0.25, 0.3) is 5.91 Å². The van der Waals surface area contributed by atoms with Crippen LogP contribution in [-0.2, 0) is 12.0 Å². The number of unbranched alkanes of at least 4 members (excludes halogenated alkanes) is 1. The van der Waals surface area contributed by atoms with Gasteiger partial charge in [-0.1, -0.05) is 31.9 Å². The standard InChI is InChI=1S/C28H39N5O/c1-4-25-31-24-12-11-18-29-26(24)33(25)28(2,3)23-15-13-22(14-16-23)27(34)30-17-7-10-21-32-19-8-5-6-9-20-32/h11-16,18H,4-10,17,19-21H2,1-3H3,(H,30,34). The Morgan fingerprint density at radius 2 is 1.76 bits per heavy atom. The zero-order valence-electron chi connectivity index (χ0n) is 21.0. The minimum Gasteiger partial charge on any atom is -0.352 e. The number of hydrogen-bond donors (Lipinski definition) is 1. The minimum absolute atomic E-state index is 0.00289. The van der Waals surface area contributed by atoms with Crippen molar-refractivity contribution in [2.75, 3.05) is 26.2 Å². The normalized spacial score (nSPS) is 15.4. The maximum absolute atomic E-state index is 12.7. The lowest BCUT2D eigenvalue weighted by Gasteiger charge is -2.29. The van der Waals surface area contributed by atoms with Crippen molar-refractivity contribution in [2.45, 2.75) is 71.3 Å². The predicted octanol–water partition coefficient (Wildman–Crippen LogP) is 5.16. The lowest BCUT2D eigenvalue weighted by Crippen LogP contribution is -2.30. The van der Waals surface area contributed by atoms with Crippen LogP contribution in [0.2, 0.25) is 0 Å². The van der Waals surface area contributed by atoms with Crippen LogP contribution in [0.15, 0.2) is 42.6 Å². The van der Waals surface area contributed by atoms with Crippen LogP contribution in [0.3, 0.4) is 0 Å². The second-order valence-electron chi connectivity index (χ2n) is 9.92. The summed E-state index contributed by atoms with van der Waals surface area (Å²) in [6, 6.07) is 11.9. The lowest BCUT2D eigenvalue weighted by molar-refractivity contribution is 0.0952. The molecule has 6 nitrogen and oxygen atoms in total. The number of likely N-dealkylation sites (tertiary alicyclic amines) is 1. The monoisotopic (exact) mass is 461 g/mol. The van der Waals surface area contributed by atoms with Gasteiger partial charge in [0, 0.05) is 24.7 Å². The fourth-order valence-electron chi connectivity index (χ4n) is 5.07. The fraction of sp³-hybridized carbons (Fsp3) is 0.536.